The van der Waals surface area contributed by atoms with E-state index >= 15 is 0 Å². The van der Waals surface area contributed by atoms with Gasteiger partial charge in [-0.15, -0.1) is 0 Å². The van der Waals surface area contributed by atoms with Crippen molar-refractivity contribution < 1.29 is 78.1 Å². The zero-order valence-electron chi connectivity index (χ0n) is 52.8. The molecule has 11 heteroatoms. The molecule has 3 amide bonds. The second kappa shape index (κ2) is 13.8. The Hall–Kier alpha value is -2.89. The number of methoxy groups -OCH3 is 2. The first-order valence-electron chi connectivity index (χ1n) is 26.3. The second-order valence-electron chi connectivity index (χ2n) is 7.26. The number of hydrogen-bond donors (Lipinski definition) is 4. The van der Waals surface area contributed by atoms with Crippen LogP contribution >= 0.6 is 0 Å². The van der Waals surface area contributed by atoms with Crippen molar-refractivity contribution in [1.29, 1.82) is 1.43 Å². The van der Waals surface area contributed by atoms with Gasteiger partial charge in [0.05, 0.1) is 40.6 Å². The molecule has 2 aliphatic rings. The zero-order valence-corrected chi connectivity index (χ0v) is 19.8. The number of benzene rings is 1. The van der Waals surface area contributed by atoms with Gasteiger partial charge in [-0.25, -0.2) is 9.59 Å². The molecule has 1 aromatic carbocycles. The number of carboxylic acid groups (broad SMARTS) is 2. The number of amides is 3. The minimum absolute atomic E-state index is 0.0956. The van der Waals surface area contributed by atoms with Crippen LogP contribution in [0, 0.1) is 11.3 Å². The molecule has 1 aromatic rings. The lowest BCUT2D eigenvalue weighted by atomic mass is 9.62. The van der Waals surface area contributed by atoms with Crippen molar-refractivity contribution in [2.45, 2.75) is 57.5 Å². The molecule has 2 heterocycles. The van der Waals surface area contributed by atoms with Crippen LogP contribution in [0.25, 0.3) is 1.43 Å². The minimum Gasteiger partial charge on any atom is -0.465 e. The van der Waals surface area contributed by atoms with Crippen LogP contribution < -0.4 is 11.0 Å². The van der Waals surface area contributed by atoms with E-state index in [1.165, 1.54) is 0 Å². The van der Waals surface area contributed by atoms with Gasteiger partial charge in [-0.05, 0) is 38.2 Å². The number of carbonyl (C=O) groups excluding carboxylic acids is 1. The van der Waals surface area contributed by atoms with Crippen molar-refractivity contribution in [3.63, 3.8) is 0 Å². The molecule has 214 valence electrons. The molecule has 2 aliphatic heterocycles. The molecule has 6 atom stereocenters. The fourth-order valence-electron chi connectivity index (χ4n) is 2.90. The third-order valence-electron chi connectivity index (χ3n) is 5.25. The van der Waals surface area contributed by atoms with Gasteiger partial charge in [0, 0.05) is 80.3 Å². The average molecular weight is 570 g/mol. The van der Waals surface area contributed by atoms with E-state index in [0.29, 0.717) is 6.92 Å². The molecule has 3 rings (SSSR count). The average Bonchev–Trinajstić information content (AvgIpc) is 3.16. The zero-order chi connectivity index (χ0) is 57.2. The van der Waals surface area contributed by atoms with Crippen molar-refractivity contribution in [2.75, 3.05) is 46.7 Å². The van der Waals surface area contributed by atoms with Gasteiger partial charge in [-0.3, -0.25) is 4.79 Å². The van der Waals surface area contributed by atoms with Gasteiger partial charge in [-0.1, -0.05) is 32.0 Å². The number of piperidine rings is 2. The number of nitrogens with one attached hydrogen (secondary N) is 1. The van der Waals surface area contributed by atoms with Gasteiger partial charge in [0.25, 0.3) is 7.34 Å². The standard InChI is InChI=1S/C15H20N2O4.C12H24N2O3/c1-21-10-12-9-17(15(19)20)8-7-13(12)16-14(18)11-5-3-2-4-6-11;1-5-12(3)11(2,8-17-4)9(13)6-7-14(12)10(15)16/h2-6,12-13H,7-10H2,1H3,(H,16,18)(H,19,20);9H,5-8,13H2,1-4H3,(H,15,16)/i1D3,2D,3D,4D,5D,6D,7D2,8D2,9D2,10D2,12D,13D;4D3,5D,6D2,7D2,8D2,9D/hD4. The Morgan fingerprint density at radius 2 is 2.05 bits per heavy atom. The molecule has 11 nitrogen and oxygen atoms in total. The highest BCUT2D eigenvalue weighted by atomic mass is 16.5. The van der Waals surface area contributed by atoms with Crippen molar-refractivity contribution in [3.8, 4) is 0 Å². The summed E-state index contributed by atoms with van der Waals surface area (Å²) in [6.45, 7) is -18.1. The smallest absolute Gasteiger partial charge is 0.407 e. The third-order valence-corrected chi connectivity index (χ3v) is 5.25. The summed E-state index contributed by atoms with van der Waals surface area (Å²) in [6.07, 6.45) is -14.6. The van der Waals surface area contributed by atoms with Gasteiger partial charge in [0.1, 0.15) is 2.82 Å². The fraction of sp³-hybridized carbons (Fsp3) is 0.667. The predicted molar refractivity (Wildman–Crippen MR) is 143 cm³/mol. The van der Waals surface area contributed by atoms with E-state index < -0.39 is 165 Å². The van der Waals surface area contributed by atoms with E-state index in [4.69, 9.17) is 45.4 Å². The number of ether oxygens (including phenoxy) is 2. The molecular formula is C27H44N4O7. The maximum atomic E-state index is 13.4. The molecule has 6 unspecified atom stereocenters. The van der Waals surface area contributed by atoms with E-state index in [1.54, 1.807) is 0 Å². The van der Waals surface area contributed by atoms with E-state index in [2.05, 4.69) is 14.6 Å². The highest BCUT2D eigenvalue weighted by Gasteiger charge is 2.55. The van der Waals surface area contributed by atoms with E-state index in [1.807, 2.05) is 0 Å². The largest absolute Gasteiger partial charge is 0.465 e. The molecule has 38 heavy (non-hydrogen) atoms. The first kappa shape index (κ1) is 8.55. The lowest BCUT2D eigenvalue weighted by Gasteiger charge is -2.57. The van der Waals surface area contributed by atoms with Gasteiger partial charge in [0.2, 0.25) is 0 Å². The van der Waals surface area contributed by atoms with Crippen LogP contribution in [0.4, 0.5) is 9.59 Å². The van der Waals surface area contributed by atoms with Crippen LogP contribution in [0.3, 0.4) is 0 Å². The number of rotatable bonds is 8. The summed E-state index contributed by atoms with van der Waals surface area (Å²) < 4.78 is 271. The molecule has 0 saturated carbocycles. The summed E-state index contributed by atoms with van der Waals surface area (Å²) in [5.74, 6) is -6.99. The quantitative estimate of drug-likeness (QED) is 0.372. The molecule has 0 radical (unpaired) electrons. The van der Waals surface area contributed by atoms with Gasteiger partial charge in [0.15, 0.2) is 1.41 Å². The van der Waals surface area contributed by atoms with Crippen LogP contribution in [0.1, 0.15) is 90.0 Å². The predicted octanol–water partition coefficient (Wildman–Crippen LogP) is 2.95. The molecule has 0 aromatic heterocycles. The summed E-state index contributed by atoms with van der Waals surface area (Å²) in [7, 11) is -7.39. The number of likely N-dealkylation sites (tertiary alicyclic amines) is 2. The Labute approximate surface area is 271 Å². The third kappa shape index (κ3) is 6.95. The summed E-state index contributed by atoms with van der Waals surface area (Å²) in [5.41, 5.74) is -7.92. The fourth-order valence-corrected chi connectivity index (χ4v) is 2.90. The Morgan fingerprint density at radius 3 is 2.66 bits per heavy atom. The van der Waals surface area contributed by atoms with Gasteiger partial charge < -0.3 is 40.5 Å². The van der Waals surface area contributed by atoms with Crippen LogP contribution in [-0.2, 0) is 9.47 Å². The molecule has 0 aliphatic carbocycles. The molecule has 2 fully saturated rings. The Morgan fingerprint density at radius 1 is 1.32 bits per heavy atom. The number of hydrogen-bond acceptors (Lipinski definition) is 7. The summed E-state index contributed by atoms with van der Waals surface area (Å²) in [4.78, 5) is 36.6. The topological polar surface area (TPSA) is 155 Å². The molecule has 0 spiro atoms. The van der Waals surface area contributed by atoms with Crippen LogP contribution in [-0.4, -0.2) is 102 Å². The van der Waals surface area contributed by atoms with E-state index in [-0.39, 0.29) is 4.90 Å². The van der Waals surface area contributed by atoms with Crippen molar-refractivity contribution in [1.82, 2.24) is 15.1 Å². The molecule has 0 bridgehead atoms. The van der Waals surface area contributed by atoms with Crippen molar-refractivity contribution >= 4 is 18.1 Å². The summed E-state index contributed by atoms with van der Waals surface area (Å²) >= 11 is 0. The second-order valence-corrected chi connectivity index (χ2v) is 7.26. The van der Waals surface area contributed by atoms with E-state index in [0.717, 1.165) is 13.8 Å². The number of nitrogens with two attached hydrogens (primary N) is 1. The minimum atomic E-state index is -4.72. The monoisotopic (exact) mass is 570 g/mol. The number of nitrogens with zero attached hydrogens (tertiary/aromatic N) is 2. The maximum Gasteiger partial charge on any atom is 0.407 e. The summed E-state index contributed by atoms with van der Waals surface area (Å²) in [6, 6.07) is -14.4. The normalized spacial score (nSPS) is 56.5. The van der Waals surface area contributed by atoms with Crippen LogP contribution in [0.2, 0.25) is 4.24 Å². The summed E-state index contributed by atoms with van der Waals surface area (Å²) in [5, 5.41) is 12.3. The highest BCUT2D eigenvalue weighted by Crippen LogP contribution is 2.45. The van der Waals surface area contributed by atoms with Crippen LogP contribution in [0.5, 0.6) is 0 Å². The van der Waals surface area contributed by atoms with Gasteiger partial charge in [-0.2, -0.15) is 0 Å². The lowest BCUT2D eigenvalue weighted by molar-refractivity contribution is -0.0898. The Kier molecular flexibility index (Phi) is 3.10. The van der Waals surface area contributed by atoms with Crippen molar-refractivity contribution in [2.24, 2.45) is 17.0 Å². The highest BCUT2D eigenvalue weighted by molar-refractivity contribution is 5.94. The lowest BCUT2D eigenvalue weighted by Crippen LogP contribution is -2.70. The SMILES string of the molecule is [2H]OC(=O)N1C([2H])([2H])C([2H])([2H])C([2H])(N([2H])[2H])C(C)(C([2H])([2H])OC([2H])([2H])[2H])C1(C)C([2H])C.[2H]c1c([2H])c([2H])c(C(=O)N([2H])C2([2H])C([2H])([2H])C([2H])([2H])N(C(=O)O)C([2H])([2H])C2([2H])C([2H])([2H])OC([2H])([2H])[2H])c([2H])c1[2H]. The van der Waals surface area contributed by atoms with Gasteiger partial charge >= 0.3 is 12.2 Å². The van der Waals surface area contributed by atoms with Crippen LogP contribution in [0.15, 0.2) is 30.2 Å². The molecule has 2 saturated heterocycles. The van der Waals surface area contributed by atoms with Crippen molar-refractivity contribution in [3.05, 3.63) is 35.8 Å². The first-order valence-corrected chi connectivity index (χ1v) is 9.99. The molecule has 5 N–H and O–H groups in total. The number of carbonyl (C=O) groups is 3. The molecular weight excluding hydrogens is 492 g/mol. The Bertz CT molecular complexity index is 2230. The first-order chi connectivity index (χ1) is 31.0. The van der Waals surface area contributed by atoms with E-state index in [9.17, 15) is 19.5 Å². The Balaban J connectivity index is 0.000000503. The maximum absolute atomic E-state index is 13.4.